The van der Waals surface area contributed by atoms with Gasteiger partial charge in [-0.15, -0.1) is 5.10 Å². The minimum atomic E-state index is -0.935. The zero-order valence-corrected chi connectivity index (χ0v) is 14.7. The number of carbonyl (C=O) groups excluding carboxylic acids is 1. The third-order valence-corrected chi connectivity index (χ3v) is 4.48. The Kier molecular flexibility index (Phi) is 4.66. The molecule has 3 rings (SSSR count). The van der Waals surface area contributed by atoms with Gasteiger partial charge in [-0.3, -0.25) is 9.59 Å². The van der Waals surface area contributed by atoms with Crippen molar-refractivity contribution >= 4 is 27.8 Å². The summed E-state index contributed by atoms with van der Waals surface area (Å²) >= 11 is 3.40. The number of amides is 1. The van der Waals surface area contributed by atoms with E-state index in [0.29, 0.717) is 5.69 Å². The Labute approximate surface area is 147 Å². The molecule has 1 fully saturated rings. The average Bonchev–Trinajstić information content (AvgIpc) is 3.31. The van der Waals surface area contributed by atoms with E-state index >= 15 is 0 Å². The maximum Gasteiger partial charge on any atom is 0.305 e. The van der Waals surface area contributed by atoms with Crippen LogP contribution in [0.25, 0.3) is 5.69 Å². The van der Waals surface area contributed by atoms with E-state index in [2.05, 4.69) is 26.2 Å². The number of rotatable bonds is 6. The Balaban J connectivity index is 1.90. The van der Waals surface area contributed by atoms with Crippen LogP contribution < -0.4 is 0 Å². The first-order valence-corrected chi connectivity index (χ1v) is 8.45. The first kappa shape index (κ1) is 16.6. The zero-order valence-electron chi connectivity index (χ0n) is 13.1. The molecular weight excluding hydrogens is 376 g/mol. The molecule has 8 heteroatoms. The van der Waals surface area contributed by atoms with Gasteiger partial charge in [-0.25, -0.2) is 4.68 Å². The Bertz CT molecular complexity index is 768. The molecule has 0 saturated heterocycles. The first-order valence-electron chi connectivity index (χ1n) is 7.66. The number of aliphatic carboxylic acids is 1. The highest BCUT2D eigenvalue weighted by Crippen LogP contribution is 2.42. The summed E-state index contributed by atoms with van der Waals surface area (Å²) in [5.41, 5.74) is 1.97. The molecule has 0 aliphatic heterocycles. The highest BCUT2D eigenvalue weighted by atomic mass is 79.9. The fourth-order valence-electron chi connectivity index (χ4n) is 2.48. The summed E-state index contributed by atoms with van der Waals surface area (Å²) < 4.78 is 2.67. The molecule has 1 N–H and O–H groups in total. The molecule has 0 spiro atoms. The fraction of sp³-hybridized carbons (Fsp3) is 0.375. The van der Waals surface area contributed by atoms with Crippen LogP contribution in [-0.4, -0.2) is 50.5 Å². The van der Waals surface area contributed by atoms with Gasteiger partial charge in [0.05, 0.1) is 17.8 Å². The highest BCUT2D eigenvalue weighted by Gasteiger charge is 2.35. The van der Waals surface area contributed by atoms with E-state index in [1.807, 2.05) is 24.3 Å². The van der Waals surface area contributed by atoms with Crippen molar-refractivity contribution in [1.29, 1.82) is 0 Å². The number of hydrogen-bond acceptors (Lipinski definition) is 4. The normalized spacial score (nSPS) is 13.8. The van der Waals surface area contributed by atoms with E-state index in [1.165, 1.54) is 4.90 Å². The molecule has 2 aromatic rings. The van der Waals surface area contributed by atoms with Gasteiger partial charge >= 0.3 is 5.97 Å². The zero-order chi connectivity index (χ0) is 17.3. The van der Waals surface area contributed by atoms with Crippen LogP contribution in [0.1, 0.15) is 41.4 Å². The van der Waals surface area contributed by atoms with Crippen LogP contribution in [0.5, 0.6) is 0 Å². The van der Waals surface area contributed by atoms with Gasteiger partial charge in [-0.2, -0.15) is 0 Å². The molecule has 1 aromatic carbocycles. The van der Waals surface area contributed by atoms with Crippen LogP contribution in [0.4, 0.5) is 0 Å². The molecule has 24 heavy (non-hydrogen) atoms. The molecule has 1 heterocycles. The Morgan fingerprint density at radius 2 is 2.00 bits per heavy atom. The van der Waals surface area contributed by atoms with Crippen molar-refractivity contribution in [2.75, 3.05) is 13.6 Å². The molecule has 0 bridgehead atoms. The van der Waals surface area contributed by atoms with Crippen molar-refractivity contribution in [1.82, 2.24) is 19.9 Å². The number of carbonyl (C=O) groups is 2. The molecule has 1 saturated carbocycles. The second-order valence-corrected chi connectivity index (χ2v) is 6.77. The van der Waals surface area contributed by atoms with Gasteiger partial charge in [-0.05, 0) is 37.1 Å². The molecule has 126 valence electrons. The summed E-state index contributed by atoms with van der Waals surface area (Å²) in [5.74, 6) is -0.951. The van der Waals surface area contributed by atoms with E-state index in [1.54, 1.807) is 11.7 Å². The van der Waals surface area contributed by atoms with E-state index < -0.39 is 5.97 Å². The molecule has 1 aromatic heterocycles. The number of carboxylic acids is 1. The van der Waals surface area contributed by atoms with E-state index in [4.69, 9.17) is 5.11 Å². The lowest BCUT2D eigenvalue weighted by atomic mass is 10.2. The van der Waals surface area contributed by atoms with E-state index in [9.17, 15) is 9.59 Å². The van der Waals surface area contributed by atoms with Gasteiger partial charge in [0.25, 0.3) is 5.91 Å². The quantitative estimate of drug-likeness (QED) is 0.815. The summed E-state index contributed by atoms with van der Waals surface area (Å²) in [4.78, 5) is 24.7. The highest BCUT2D eigenvalue weighted by molar-refractivity contribution is 9.10. The van der Waals surface area contributed by atoms with Crippen molar-refractivity contribution in [2.24, 2.45) is 0 Å². The number of carboxylic acid groups (broad SMARTS) is 1. The summed E-state index contributed by atoms with van der Waals surface area (Å²) in [7, 11) is 1.58. The molecule has 0 radical (unpaired) electrons. The van der Waals surface area contributed by atoms with Gasteiger partial charge in [0.2, 0.25) is 0 Å². The fourth-order valence-corrected chi connectivity index (χ4v) is 2.75. The number of benzene rings is 1. The van der Waals surface area contributed by atoms with Gasteiger partial charge in [0.15, 0.2) is 5.69 Å². The standard InChI is InChI=1S/C16H17BrN4O3/c1-20(9-8-13(22)23)16(24)14-15(10-2-3-10)21(19-18-14)12-6-4-11(17)5-7-12/h4-7,10H,2-3,8-9H2,1H3,(H,22,23). The summed E-state index contributed by atoms with van der Waals surface area (Å²) in [6.45, 7) is 0.142. The van der Waals surface area contributed by atoms with E-state index in [0.717, 1.165) is 28.7 Å². The minimum Gasteiger partial charge on any atom is -0.481 e. The van der Waals surface area contributed by atoms with Crippen LogP contribution in [-0.2, 0) is 4.79 Å². The van der Waals surface area contributed by atoms with Crippen LogP contribution in [0, 0.1) is 0 Å². The number of halogens is 1. The van der Waals surface area contributed by atoms with Crippen molar-refractivity contribution < 1.29 is 14.7 Å². The lowest BCUT2D eigenvalue weighted by Gasteiger charge is -2.15. The second kappa shape index (κ2) is 6.72. The largest absolute Gasteiger partial charge is 0.481 e. The van der Waals surface area contributed by atoms with Crippen molar-refractivity contribution in [2.45, 2.75) is 25.2 Å². The lowest BCUT2D eigenvalue weighted by Crippen LogP contribution is -2.30. The number of aromatic nitrogens is 3. The van der Waals surface area contributed by atoms with Crippen molar-refractivity contribution in [3.8, 4) is 5.69 Å². The molecule has 1 aliphatic rings. The molecule has 1 amide bonds. The molecule has 7 nitrogen and oxygen atoms in total. The third-order valence-electron chi connectivity index (χ3n) is 3.95. The maximum absolute atomic E-state index is 12.6. The van der Waals surface area contributed by atoms with Gasteiger partial charge < -0.3 is 10.0 Å². The summed E-state index contributed by atoms with van der Waals surface area (Å²) in [6.07, 6.45) is 1.91. The predicted octanol–water partition coefficient (Wildman–Crippen LogP) is 2.45. The van der Waals surface area contributed by atoms with E-state index in [-0.39, 0.29) is 24.8 Å². The maximum atomic E-state index is 12.6. The Hall–Kier alpha value is -2.22. The number of hydrogen-bond donors (Lipinski definition) is 1. The topological polar surface area (TPSA) is 88.3 Å². The number of nitrogens with zero attached hydrogens (tertiary/aromatic N) is 4. The Morgan fingerprint density at radius 1 is 1.33 bits per heavy atom. The second-order valence-electron chi connectivity index (χ2n) is 5.86. The lowest BCUT2D eigenvalue weighted by molar-refractivity contribution is -0.137. The molecule has 0 atom stereocenters. The molecule has 0 unspecified atom stereocenters. The first-order chi connectivity index (χ1) is 11.5. The smallest absolute Gasteiger partial charge is 0.305 e. The third kappa shape index (κ3) is 3.48. The van der Waals surface area contributed by atoms with Crippen LogP contribution in [0.15, 0.2) is 28.7 Å². The van der Waals surface area contributed by atoms with Crippen molar-refractivity contribution in [3.63, 3.8) is 0 Å². The Morgan fingerprint density at radius 3 is 2.58 bits per heavy atom. The van der Waals surface area contributed by atoms with Gasteiger partial charge in [0.1, 0.15) is 0 Å². The summed E-state index contributed by atoms with van der Waals surface area (Å²) in [5, 5.41) is 17.0. The van der Waals surface area contributed by atoms with Crippen LogP contribution in [0.3, 0.4) is 0 Å². The predicted molar refractivity (Wildman–Crippen MR) is 90.2 cm³/mol. The SMILES string of the molecule is CN(CCC(=O)O)C(=O)c1nnn(-c2ccc(Br)cc2)c1C1CC1. The monoisotopic (exact) mass is 392 g/mol. The molecule has 1 aliphatic carbocycles. The van der Waals surface area contributed by atoms with Gasteiger partial charge in [0, 0.05) is 24.0 Å². The van der Waals surface area contributed by atoms with Crippen molar-refractivity contribution in [3.05, 3.63) is 40.1 Å². The molecular formula is C16H17BrN4O3. The minimum absolute atomic E-state index is 0.0954. The summed E-state index contributed by atoms with van der Waals surface area (Å²) in [6, 6.07) is 7.64. The van der Waals surface area contributed by atoms with Gasteiger partial charge in [-0.1, -0.05) is 21.1 Å². The van der Waals surface area contributed by atoms with Crippen LogP contribution in [0.2, 0.25) is 0 Å². The average molecular weight is 393 g/mol. The van der Waals surface area contributed by atoms with Crippen LogP contribution >= 0.6 is 15.9 Å².